The fourth-order valence-electron chi connectivity index (χ4n) is 7.81. The monoisotopic (exact) mass is 794 g/mol. The van der Waals surface area contributed by atoms with Crippen molar-refractivity contribution in [3.8, 4) is 0 Å². The fraction of sp³-hybridized carbons (Fsp3) is 0.979. The highest BCUT2D eigenvalue weighted by Gasteiger charge is 2.24. The number of carbonyl (C=O) groups is 1. The molecule has 0 saturated heterocycles. The standard InChI is InChI=1S/C48H103N7O/c1-3-5-7-9-11-13-15-17-19-21-23-25-27-29-31-33-43-53-55(47(48(56)46-50)38-45-52-41-36-35-40-51-42-37-39-49)54-44-34-32-30-28-26-24-22-20-18-16-14-12-10-8-6-4-2/h47,51-54H,3-46,49-50H2,1-2H3. The van der Waals surface area contributed by atoms with Crippen molar-refractivity contribution in [1.29, 1.82) is 0 Å². The molecule has 8 N–H and O–H groups in total. The molecule has 1 atom stereocenters. The molecule has 0 radical (unpaired) electrons. The highest BCUT2D eigenvalue weighted by atomic mass is 16.1. The Labute approximate surface area is 351 Å². The van der Waals surface area contributed by atoms with Gasteiger partial charge in [0.05, 0.1) is 6.54 Å². The van der Waals surface area contributed by atoms with E-state index in [2.05, 4.69) is 35.3 Å². The molecular weight excluding hydrogens is 691 g/mol. The van der Waals surface area contributed by atoms with Gasteiger partial charge in [-0.15, -0.1) is 0 Å². The smallest absolute Gasteiger partial charge is 0.166 e. The summed E-state index contributed by atoms with van der Waals surface area (Å²) in [5.74, 6) is 0.106. The Morgan fingerprint density at radius 2 is 0.679 bits per heavy atom. The number of carbonyl (C=O) groups excluding carboxylic acids is 1. The number of nitrogens with one attached hydrogen (secondary N) is 4. The number of hydrogen-bond donors (Lipinski definition) is 6. The van der Waals surface area contributed by atoms with Crippen molar-refractivity contribution in [3.63, 3.8) is 0 Å². The molecule has 0 aliphatic rings. The van der Waals surface area contributed by atoms with Crippen molar-refractivity contribution in [2.24, 2.45) is 11.5 Å². The Morgan fingerprint density at radius 1 is 0.393 bits per heavy atom. The van der Waals surface area contributed by atoms with Crippen LogP contribution in [0.15, 0.2) is 0 Å². The molecular formula is C48H103N7O. The summed E-state index contributed by atoms with van der Waals surface area (Å²) in [6.45, 7) is 11.0. The maximum atomic E-state index is 13.1. The molecule has 8 heteroatoms. The van der Waals surface area contributed by atoms with Crippen molar-refractivity contribution in [1.82, 2.24) is 26.6 Å². The average molecular weight is 794 g/mol. The molecule has 0 aromatic heterocycles. The predicted molar refractivity (Wildman–Crippen MR) is 248 cm³/mol. The molecule has 0 aliphatic heterocycles. The number of hydrogen-bond acceptors (Lipinski definition) is 8. The molecule has 0 amide bonds. The molecule has 0 fully saturated rings. The molecule has 0 rings (SSSR count). The van der Waals surface area contributed by atoms with Gasteiger partial charge in [0, 0.05) is 13.1 Å². The van der Waals surface area contributed by atoms with Gasteiger partial charge in [-0.05, 0) is 71.2 Å². The Morgan fingerprint density at radius 3 is 1.00 bits per heavy atom. The molecule has 336 valence electrons. The van der Waals surface area contributed by atoms with Gasteiger partial charge in [-0.3, -0.25) is 4.79 Å². The molecule has 8 nitrogen and oxygen atoms in total. The molecule has 0 heterocycles. The van der Waals surface area contributed by atoms with E-state index < -0.39 is 0 Å². The van der Waals surface area contributed by atoms with Gasteiger partial charge in [0.2, 0.25) is 0 Å². The average Bonchev–Trinajstić information content (AvgIpc) is 3.21. The van der Waals surface area contributed by atoms with Crippen LogP contribution in [0.25, 0.3) is 0 Å². The van der Waals surface area contributed by atoms with Crippen molar-refractivity contribution in [2.45, 2.75) is 251 Å². The van der Waals surface area contributed by atoms with Crippen molar-refractivity contribution >= 4 is 5.78 Å². The van der Waals surface area contributed by atoms with E-state index in [-0.39, 0.29) is 18.4 Å². The van der Waals surface area contributed by atoms with Crippen LogP contribution in [0.3, 0.4) is 0 Å². The van der Waals surface area contributed by atoms with Crippen LogP contribution in [-0.4, -0.2) is 69.3 Å². The van der Waals surface area contributed by atoms with E-state index in [1.165, 1.54) is 193 Å². The van der Waals surface area contributed by atoms with Gasteiger partial charge < -0.3 is 22.1 Å². The van der Waals surface area contributed by atoms with Crippen LogP contribution >= 0.6 is 0 Å². The van der Waals surface area contributed by atoms with Crippen molar-refractivity contribution in [3.05, 3.63) is 0 Å². The van der Waals surface area contributed by atoms with Crippen LogP contribution in [-0.2, 0) is 4.79 Å². The van der Waals surface area contributed by atoms with E-state index in [1.807, 2.05) is 5.12 Å². The van der Waals surface area contributed by atoms with E-state index in [0.29, 0.717) is 0 Å². The lowest BCUT2D eigenvalue weighted by Gasteiger charge is -2.31. The summed E-state index contributed by atoms with van der Waals surface area (Å²) in [5.41, 5.74) is 18.8. The second-order valence-corrected chi connectivity index (χ2v) is 17.1. The number of nitrogens with zero attached hydrogens (tertiary/aromatic N) is 1. The zero-order chi connectivity index (χ0) is 40.7. The number of nitrogens with two attached hydrogens (primary N) is 2. The van der Waals surface area contributed by atoms with Crippen LogP contribution < -0.4 is 33.0 Å². The maximum absolute atomic E-state index is 13.1. The molecule has 0 aromatic rings. The molecule has 1 unspecified atom stereocenters. The Kier molecular flexibility index (Phi) is 48.2. The third-order valence-corrected chi connectivity index (χ3v) is 11.6. The molecule has 0 spiro atoms. The zero-order valence-electron chi connectivity index (χ0n) is 38.2. The molecule has 0 bridgehead atoms. The molecule has 0 saturated carbocycles. The van der Waals surface area contributed by atoms with Gasteiger partial charge in [0.1, 0.15) is 6.04 Å². The molecule has 0 aliphatic carbocycles. The third kappa shape index (κ3) is 41.5. The lowest BCUT2D eigenvalue weighted by Crippen LogP contribution is -2.58. The summed E-state index contributed by atoms with van der Waals surface area (Å²) in [4.78, 5) is 13.1. The minimum absolute atomic E-state index is 0.0804. The van der Waals surface area contributed by atoms with Gasteiger partial charge in [-0.1, -0.05) is 206 Å². The number of rotatable bonds is 50. The van der Waals surface area contributed by atoms with Crippen LogP contribution in [0.1, 0.15) is 245 Å². The highest BCUT2D eigenvalue weighted by Crippen LogP contribution is 2.15. The van der Waals surface area contributed by atoms with Crippen LogP contribution in [0.4, 0.5) is 0 Å². The number of Topliss-reactive ketones (excluding diaryl/α,β-unsaturated/α-hetero) is 1. The minimum Gasteiger partial charge on any atom is -0.330 e. The normalized spacial score (nSPS) is 12.3. The first-order valence-corrected chi connectivity index (χ1v) is 25.3. The topological polar surface area (TPSA) is 120 Å². The second-order valence-electron chi connectivity index (χ2n) is 17.1. The Balaban J connectivity index is 4.35. The van der Waals surface area contributed by atoms with Gasteiger partial charge in [-0.25, -0.2) is 10.9 Å². The van der Waals surface area contributed by atoms with E-state index >= 15 is 0 Å². The number of hydrazine groups is 2. The van der Waals surface area contributed by atoms with E-state index in [4.69, 9.17) is 11.5 Å². The largest absolute Gasteiger partial charge is 0.330 e. The van der Waals surface area contributed by atoms with Crippen molar-refractivity contribution in [2.75, 3.05) is 52.4 Å². The van der Waals surface area contributed by atoms with Gasteiger partial charge in [0.15, 0.2) is 5.78 Å². The summed E-state index contributed by atoms with van der Waals surface area (Å²) in [7, 11) is 0. The number of ketones is 1. The lowest BCUT2D eigenvalue weighted by molar-refractivity contribution is -0.126. The summed E-state index contributed by atoms with van der Waals surface area (Å²) < 4.78 is 0. The second kappa shape index (κ2) is 48.8. The summed E-state index contributed by atoms with van der Waals surface area (Å²) in [6.07, 6.45) is 48.1. The quantitative estimate of drug-likeness (QED) is 0.0266. The van der Waals surface area contributed by atoms with Gasteiger partial charge in [-0.2, -0.15) is 5.12 Å². The molecule has 0 aromatic carbocycles. The van der Waals surface area contributed by atoms with E-state index in [9.17, 15) is 4.79 Å². The van der Waals surface area contributed by atoms with E-state index in [1.54, 1.807) is 0 Å². The molecule has 56 heavy (non-hydrogen) atoms. The highest BCUT2D eigenvalue weighted by molar-refractivity contribution is 5.85. The van der Waals surface area contributed by atoms with Gasteiger partial charge >= 0.3 is 0 Å². The first-order valence-electron chi connectivity index (χ1n) is 25.3. The van der Waals surface area contributed by atoms with E-state index in [0.717, 1.165) is 84.3 Å². The SMILES string of the molecule is CCCCCCCCCCCCCCCCCCNN(NCCCCCCCCCCCCCCCCCC)C(CCNCCCCNCCCN)C(=O)CN. The Hall–Kier alpha value is -0.610. The first kappa shape index (κ1) is 55.4. The lowest BCUT2D eigenvalue weighted by atomic mass is 10.0. The summed E-state index contributed by atoms with van der Waals surface area (Å²) in [6, 6.07) is -0.257. The van der Waals surface area contributed by atoms with Crippen molar-refractivity contribution < 1.29 is 4.79 Å². The van der Waals surface area contributed by atoms with Crippen LogP contribution in [0, 0.1) is 0 Å². The zero-order valence-corrected chi connectivity index (χ0v) is 38.2. The summed E-state index contributed by atoms with van der Waals surface area (Å²) in [5, 5.41) is 9.07. The minimum atomic E-state index is -0.257. The first-order chi connectivity index (χ1) is 27.7. The number of unbranched alkanes of at least 4 members (excludes halogenated alkanes) is 31. The maximum Gasteiger partial charge on any atom is 0.166 e. The van der Waals surface area contributed by atoms with Crippen LogP contribution in [0.2, 0.25) is 0 Å². The van der Waals surface area contributed by atoms with Gasteiger partial charge in [0.25, 0.3) is 0 Å². The fourth-order valence-corrected chi connectivity index (χ4v) is 7.81. The third-order valence-electron chi connectivity index (χ3n) is 11.6. The summed E-state index contributed by atoms with van der Waals surface area (Å²) >= 11 is 0. The Bertz CT molecular complexity index is 704. The van der Waals surface area contributed by atoms with Crippen LogP contribution in [0.5, 0.6) is 0 Å². The predicted octanol–water partition coefficient (Wildman–Crippen LogP) is 11.4.